The van der Waals surface area contributed by atoms with Gasteiger partial charge in [0, 0.05) is 18.1 Å². The molecule has 4 heteroatoms. The fraction of sp³-hybridized carbons (Fsp3) is 0.615. The lowest BCUT2D eigenvalue weighted by molar-refractivity contribution is 0.0927. The first kappa shape index (κ1) is 11.2. The number of rotatable bonds is 2. The molecule has 3 rings (SSSR count). The topological polar surface area (TPSA) is 41.1 Å². The van der Waals surface area contributed by atoms with E-state index in [1.165, 1.54) is 24.2 Å². The van der Waals surface area contributed by atoms with Crippen molar-refractivity contribution in [3.63, 3.8) is 0 Å². The number of piperidine rings is 1. The van der Waals surface area contributed by atoms with Crippen LogP contribution in [0.3, 0.4) is 0 Å². The van der Waals surface area contributed by atoms with E-state index in [0.717, 1.165) is 23.3 Å². The zero-order chi connectivity index (χ0) is 11.8. The normalized spacial score (nSPS) is 31.5. The van der Waals surface area contributed by atoms with Gasteiger partial charge in [-0.15, -0.1) is 11.3 Å². The van der Waals surface area contributed by atoms with Crippen molar-refractivity contribution in [2.75, 3.05) is 0 Å². The molecule has 1 aromatic rings. The Hall–Kier alpha value is -0.870. The molecule has 3 nitrogen and oxygen atoms in total. The number of fused-ring (bicyclic) bond motifs is 2. The third-order valence-electron chi connectivity index (χ3n) is 3.88. The lowest BCUT2D eigenvalue weighted by atomic mass is 10.00. The molecule has 2 bridgehead atoms. The quantitative estimate of drug-likeness (QED) is 0.843. The summed E-state index contributed by atoms with van der Waals surface area (Å²) in [5, 5.41) is 8.77. The molecule has 92 valence electrons. The molecule has 2 aliphatic rings. The van der Waals surface area contributed by atoms with Crippen molar-refractivity contribution in [3.8, 4) is 0 Å². The monoisotopic (exact) mass is 250 g/mol. The Bertz CT molecular complexity index is 417. The minimum absolute atomic E-state index is 0.115. The molecular formula is C13H18N2OS. The van der Waals surface area contributed by atoms with Gasteiger partial charge in [0.15, 0.2) is 0 Å². The summed E-state index contributed by atoms with van der Waals surface area (Å²) in [7, 11) is 0. The molecule has 0 aliphatic carbocycles. The van der Waals surface area contributed by atoms with Crippen LogP contribution >= 0.6 is 11.3 Å². The van der Waals surface area contributed by atoms with Crippen molar-refractivity contribution in [2.24, 2.45) is 0 Å². The summed E-state index contributed by atoms with van der Waals surface area (Å²) in [5.41, 5.74) is 1.09. The summed E-state index contributed by atoms with van der Waals surface area (Å²) >= 11 is 1.54. The Balaban J connectivity index is 1.64. The molecule has 0 saturated carbocycles. The van der Waals surface area contributed by atoms with Crippen LogP contribution in [0, 0.1) is 6.92 Å². The number of nitrogens with one attached hydrogen (secondary N) is 2. The number of thiophene rings is 1. The summed E-state index contributed by atoms with van der Waals surface area (Å²) in [6, 6.07) is 3.63. The second kappa shape index (κ2) is 4.42. The number of hydrogen-bond donors (Lipinski definition) is 2. The fourth-order valence-electron chi connectivity index (χ4n) is 3.03. The summed E-state index contributed by atoms with van der Waals surface area (Å²) in [5.74, 6) is 0.115. The number of carbonyl (C=O) groups is 1. The first-order valence-electron chi connectivity index (χ1n) is 6.33. The van der Waals surface area contributed by atoms with Crippen LogP contribution in [-0.4, -0.2) is 24.0 Å². The third kappa shape index (κ3) is 2.24. The smallest absolute Gasteiger partial charge is 0.261 e. The molecule has 0 aromatic carbocycles. The van der Waals surface area contributed by atoms with Crippen LogP contribution in [0.5, 0.6) is 0 Å². The lowest BCUT2D eigenvalue weighted by Gasteiger charge is -2.29. The second-order valence-electron chi connectivity index (χ2n) is 5.21. The van der Waals surface area contributed by atoms with Crippen molar-refractivity contribution < 1.29 is 4.79 Å². The van der Waals surface area contributed by atoms with Gasteiger partial charge in [-0.25, -0.2) is 0 Å². The van der Waals surface area contributed by atoms with Gasteiger partial charge in [-0.2, -0.15) is 0 Å². The molecule has 2 saturated heterocycles. The maximum absolute atomic E-state index is 12.1. The Morgan fingerprint density at radius 2 is 2.12 bits per heavy atom. The van der Waals surface area contributed by atoms with E-state index < -0.39 is 0 Å². The molecule has 2 unspecified atom stereocenters. The van der Waals surface area contributed by atoms with E-state index in [1.54, 1.807) is 0 Å². The van der Waals surface area contributed by atoms with Gasteiger partial charge in [-0.3, -0.25) is 4.79 Å². The molecule has 2 aliphatic heterocycles. The zero-order valence-electron chi connectivity index (χ0n) is 10.0. The fourth-order valence-corrected chi connectivity index (χ4v) is 3.86. The van der Waals surface area contributed by atoms with Gasteiger partial charge in [-0.1, -0.05) is 0 Å². The number of amides is 1. The Kier molecular flexibility index (Phi) is 2.92. The first-order chi connectivity index (χ1) is 8.22. The highest BCUT2D eigenvalue weighted by molar-refractivity contribution is 7.12. The van der Waals surface area contributed by atoms with Crippen LogP contribution in [0.15, 0.2) is 11.4 Å². The highest BCUT2D eigenvalue weighted by atomic mass is 32.1. The highest BCUT2D eigenvalue weighted by Gasteiger charge is 2.34. The summed E-state index contributed by atoms with van der Waals surface area (Å²) in [6.45, 7) is 2.00. The van der Waals surface area contributed by atoms with Crippen LogP contribution in [0.1, 0.15) is 40.9 Å². The minimum Gasteiger partial charge on any atom is -0.348 e. The molecule has 3 heterocycles. The lowest BCUT2D eigenvalue weighted by Crippen LogP contribution is -2.47. The Morgan fingerprint density at radius 1 is 1.41 bits per heavy atom. The maximum atomic E-state index is 12.1. The molecule has 17 heavy (non-hydrogen) atoms. The summed E-state index contributed by atoms with van der Waals surface area (Å²) in [4.78, 5) is 13.0. The van der Waals surface area contributed by atoms with E-state index in [0.29, 0.717) is 18.1 Å². The van der Waals surface area contributed by atoms with E-state index in [1.807, 2.05) is 18.4 Å². The van der Waals surface area contributed by atoms with Crippen molar-refractivity contribution in [1.29, 1.82) is 0 Å². The Labute approximate surface area is 106 Å². The van der Waals surface area contributed by atoms with Crippen LogP contribution in [0.2, 0.25) is 0 Å². The minimum atomic E-state index is 0.115. The van der Waals surface area contributed by atoms with Crippen molar-refractivity contribution in [3.05, 3.63) is 21.9 Å². The van der Waals surface area contributed by atoms with Gasteiger partial charge in [-0.05, 0) is 49.6 Å². The van der Waals surface area contributed by atoms with E-state index in [-0.39, 0.29) is 5.91 Å². The van der Waals surface area contributed by atoms with Crippen LogP contribution in [0.25, 0.3) is 0 Å². The van der Waals surface area contributed by atoms with E-state index in [2.05, 4.69) is 10.6 Å². The number of carbonyl (C=O) groups excluding carboxylic acids is 1. The summed E-state index contributed by atoms with van der Waals surface area (Å²) < 4.78 is 0. The predicted molar refractivity (Wildman–Crippen MR) is 69.5 cm³/mol. The predicted octanol–water partition coefficient (Wildman–Crippen LogP) is 2.07. The van der Waals surface area contributed by atoms with Gasteiger partial charge >= 0.3 is 0 Å². The zero-order valence-corrected chi connectivity index (χ0v) is 10.8. The van der Waals surface area contributed by atoms with Gasteiger partial charge < -0.3 is 10.6 Å². The van der Waals surface area contributed by atoms with Crippen molar-refractivity contribution in [2.45, 2.75) is 50.7 Å². The standard InChI is InChI=1S/C13H18N2OS/c1-8-4-5-17-12(8)13(16)15-11-6-9-2-3-10(7-11)14-9/h4-5,9-11,14H,2-3,6-7H2,1H3,(H,15,16). The van der Waals surface area contributed by atoms with Gasteiger partial charge in [0.1, 0.15) is 0 Å². The van der Waals surface area contributed by atoms with Crippen molar-refractivity contribution >= 4 is 17.2 Å². The van der Waals surface area contributed by atoms with E-state index in [9.17, 15) is 4.79 Å². The molecule has 2 fully saturated rings. The average molecular weight is 250 g/mol. The van der Waals surface area contributed by atoms with E-state index in [4.69, 9.17) is 0 Å². The SMILES string of the molecule is Cc1ccsc1C(=O)NC1CC2CCC(C1)N2. The number of aryl methyl sites for hydroxylation is 1. The van der Waals surface area contributed by atoms with Crippen LogP contribution in [0.4, 0.5) is 0 Å². The van der Waals surface area contributed by atoms with Gasteiger partial charge in [0.2, 0.25) is 0 Å². The molecule has 0 spiro atoms. The van der Waals surface area contributed by atoms with E-state index >= 15 is 0 Å². The molecule has 0 radical (unpaired) electrons. The summed E-state index contributed by atoms with van der Waals surface area (Å²) in [6.07, 6.45) is 4.73. The van der Waals surface area contributed by atoms with Crippen LogP contribution in [-0.2, 0) is 0 Å². The highest BCUT2D eigenvalue weighted by Crippen LogP contribution is 2.27. The molecule has 1 aromatic heterocycles. The Morgan fingerprint density at radius 3 is 2.71 bits per heavy atom. The third-order valence-corrected chi connectivity index (χ3v) is 4.89. The molecule has 1 amide bonds. The largest absolute Gasteiger partial charge is 0.348 e. The van der Waals surface area contributed by atoms with Crippen molar-refractivity contribution in [1.82, 2.24) is 10.6 Å². The average Bonchev–Trinajstić information content (AvgIpc) is 2.85. The first-order valence-corrected chi connectivity index (χ1v) is 7.21. The maximum Gasteiger partial charge on any atom is 0.261 e. The second-order valence-corrected chi connectivity index (χ2v) is 6.13. The number of hydrogen-bond acceptors (Lipinski definition) is 3. The van der Waals surface area contributed by atoms with Gasteiger partial charge in [0.05, 0.1) is 4.88 Å². The van der Waals surface area contributed by atoms with Gasteiger partial charge in [0.25, 0.3) is 5.91 Å². The molecule has 2 atom stereocenters. The molecule has 2 N–H and O–H groups in total. The molecular weight excluding hydrogens is 232 g/mol. The van der Waals surface area contributed by atoms with Crippen LogP contribution < -0.4 is 10.6 Å².